The summed E-state index contributed by atoms with van der Waals surface area (Å²) in [6, 6.07) is 19.1. The number of rotatable bonds is 10. The van der Waals surface area contributed by atoms with Crippen molar-refractivity contribution < 1.29 is 4.74 Å². The van der Waals surface area contributed by atoms with Crippen molar-refractivity contribution in [2.45, 2.75) is 39.3 Å². The fourth-order valence-corrected chi connectivity index (χ4v) is 14.0. The van der Waals surface area contributed by atoms with E-state index in [1.807, 2.05) is 6.07 Å². The maximum atomic E-state index is 6.00. The predicted octanol–water partition coefficient (Wildman–Crippen LogP) is 5.02. The number of hydrogen-bond donors (Lipinski definition) is 0. The Morgan fingerprint density at radius 1 is 0.857 bits per heavy atom. The summed E-state index contributed by atoms with van der Waals surface area (Å²) in [6.45, 7) is 20.8. The second-order valence-electron chi connectivity index (χ2n) is 9.14. The van der Waals surface area contributed by atoms with Crippen LogP contribution in [0.5, 0.6) is 0 Å². The van der Waals surface area contributed by atoms with E-state index in [4.69, 9.17) is 4.74 Å². The topological polar surface area (TPSA) is 12.5 Å². The van der Waals surface area contributed by atoms with Gasteiger partial charge in [-0.1, -0.05) is 106 Å². The Kier molecular flexibility index (Phi) is 8.21. The third-order valence-corrected chi connectivity index (χ3v) is 13.6. The molecule has 0 spiro atoms. The van der Waals surface area contributed by atoms with Crippen LogP contribution in [-0.4, -0.2) is 49.6 Å². The highest BCUT2D eigenvalue weighted by Crippen LogP contribution is 2.20. The van der Waals surface area contributed by atoms with Gasteiger partial charge in [-0.05, 0) is 16.7 Å². The second-order valence-corrected chi connectivity index (χ2v) is 20.6. The summed E-state index contributed by atoms with van der Waals surface area (Å²) in [6.07, 6.45) is 0.810. The molecule has 2 aromatic rings. The standard InChI is InChI=1S/C23H35NOSi3/c1-20(21-11-9-8-10-12-21)22-13-15-23(16-14-22)26-19-25-18-17-24(27(2,3)4)28(5,6)7/h8-16H,1,17-19H2,2-7H3. The lowest BCUT2D eigenvalue weighted by atomic mass is 10.00. The summed E-state index contributed by atoms with van der Waals surface area (Å²) < 4.78 is 8.79. The van der Waals surface area contributed by atoms with Crippen LogP contribution in [-0.2, 0) is 4.74 Å². The van der Waals surface area contributed by atoms with Crippen LogP contribution in [0, 0.1) is 0 Å². The molecule has 0 atom stereocenters. The van der Waals surface area contributed by atoms with Crippen molar-refractivity contribution in [1.29, 1.82) is 0 Å². The highest BCUT2D eigenvalue weighted by atomic mass is 28.4. The Labute approximate surface area is 176 Å². The van der Waals surface area contributed by atoms with Crippen LogP contribution < -0.4 is 5.19 Å². The minimum Gasteiger partial charge on any atom is -0.384 e. The minimum absolute atomic E-state index is 0.690. The average molecular weight is 426 g/mol. The lowest BCUT2D eigenvalue weighted by molar-refractivity contribution is 0.171. The molecule has 0 aliphatic heterocycles. The molecule has 0 saturated heterocycles. The van der Waals surface area contributed by atoms with E-state index in [1.165, 1.54) is 16.3 Å². The molecule has 0 saturated carbocycles. The lowest BCUT2D eigenvalue weighted by Crippen LogP contribution is -2.60. The monoisotopic (exact) mass is 425 g/mol. The first-order valence-electron chi connectivity index (χ1n) is 10.0. The summed E-state index contributed by atoms with van der Waals surface area (Å²) >= 11 is 0. The first-order chi connectivity index (χ1) is 13.1. The van der Waals surface area contributed by atoms with E-state index in [9.17, 15) is 0 Å². The maximum Gasteiger partial charge on any atom is 0.114 e. The molecule has 2 rings (SSSR count). The van der Waals surface area contributed by atoms with Crippen LogP contribution in [0.25, 0.3) is 5.57 Å². The zero-order chi connectivity index (χ0) is 20.8. The molecule has 0 amide bonds. The Balaban J connectivity index is 1.80. The Morgan fingerprint density at radius 3 is 1.93 bits per heavy atom. The van der Waals surface area contributed by atoms with Crippen molar-refractivity contribution >= 4 is 36.8 Å². The summed E-state index contributed by atoms with van der Waals surface area (Å²) in [7, 11) is -1.87. The smallest absolute Gasteiger partial charge is 0.114 e. The number of ether oxygens (including phenoxy) is 1. The molecule has 0 fully saturated rings. The molecule has 2 nitrogen and oxygen atoms in total. The zero-order valence-corrected chi connectivity index (χ0v) is 21.4. The van der Waals surface area contributed by atoms with Crippen LogP contribution in [0.15, 0.2) is 61.2 Å². The minimum atomic E-state index is -1.28. The molecular formula is C23H35NOSi3. The first-order valence-corrected chi connectivity index (χ1v) is 18.1. The molecule has 0 aliphatic carbocycles. The van der Waals surface area contributed by atoms with E-state index < -0.39 is 16.5 Å². The summed E-state index contributed by atoms with van der Waals surface area (Å²) in [5.74, 6) is 0. The second kappa shape index (κ2) is 9.98. The van der Waals surface area contributed by atoms with Crippen molar-refractivity contribution in [2.75, 3.05) is 19.4 Å². The van der Waals surface area contributed by atoms with Crippen molar-refractivity contribution in [2.24, 2.45) is 0 Å². The van der Waals surface area contributed by atoms with Gasteiger partial charge in [-0.3, -0.25) is 0 Å². The van der Waals surface area contributed by atoms with E-state index in [2.05, 4.69) is 98.6 Å². The SMILES string of the molecule is C=C(c1ccccc1)c1ccc([Si]COCCN([Si](C)(C)C)[Si](C)(C)C)cc1. The summed E-state index contributed by atoms with van der Waals surface area (Å²) in [5.41, 5.74) is 3.43. The normalized spacial score (nSPS) is 12.4. The van der Waals surface area contributed by atoms with E-state index in [0.717, 1.165) is 25.0 Å². The van der Waals surface area contributed by atoms with Gasteiger partial charge >= 0.3 is 0 Å². The van der Waals surface area contributed by atoms with Gasteiger partial charge in [0.2, 0.25) is 0 Å². The molecule has 5 heteroatoms. The molecule has 28 heavy (non-hydrogen) atoms. The quantitative estimate of drug-likeness (QED) is 0.391. The average Bonchev–Trinajstić information content (AvgIpc) is 2.63. The molecule has 0 N–H and O–H groups in total. The first kappa shape index (κ1) is 23.0. The number of nitrogens with zero attached hydrogens (tertiary/aromatic N) is 1. The molecule has 0 unspecified atom stereocenters. The zero-order valence-electron chi connectivity index (χ0n) is 18.4. The van der Waals surface area contributed by atoms with Crippen molar-refractivity contribution in [3.05, 3.63) is 72.3 Å². The van der Waals surface area contributed by atoms with Crippen molar-refractivity contribution in [3.8, 4) is 0 Å². The number of hydrogen-bond acceptors (Lipinski definition) is 2. The van der Waals surface area contributed by atoms with Gasteiger partial charge in [0, 0.05) is 12.8 Å². The molecule has 0 aliphatic rings. The van der Waals surface area contributed by atoms with Gasteiger partial charge in [0.25, 0.3) is 0 Å². The molecule has 0 bridgehead atoms. The molecule has 2 aromatic carbocycles. The Hall–Kier alpha value is -1.25. The highest BCUT2D eigenvalue weighted by Gasteiger charge is 2.33. The fourth-order valence-electron chi connectivity index (χ4n) is 3.63. The molecule has 2 radical (unpaired) electrons. The Bertz CT molecular complexity index is 732. The van der Waals surface area contributed by atoms with E-state index in [1.54, 1.807) is 0 Å². The van der Waals surface area contributed by atoms with Crippen LogP contribution in [0.3, 0.4) is 0 Å². The van der Waals surface area contributed by atoms with Crippen LogP contribution in [0.2, 0.25) is 39.3 Å². The fraction of sp³-hybridized carbons (Fsp3) is 0.391. The van der Waals surface area contributed by atoms with E-state index in [-0.39, 0.29) is 0 Å². The van der Waals surface area contributed by atoms with Gasteiger partial charge in [-0.25, -0.2) is 0 Å². The molecular weight excluding hydrogens is 391 g/mol. The summed E-state index contributed by atoms with van der Waals surface area (Å²) in [4.78, 5) is 0. The summed E-state index contributed by atoms with van der Waals surface area (Å²) in [5, 5.41) is 1.34. The van der Waals surface area contributed by atoms with Crippen molar-refractivity contribution in [1.82, 2.24) is 4.23 Å². The van der Waals surface area contributed by atoms with E-state index >= 15 is 0 Å². The van der Waals surface area contributed by atoms with Crippen LogP contribution in [0.1, 0.15) is 11.1 Å². The van der Waals surface area contributed by atoms with Gasteiger partial charge in [-0.2, -0.15) is 0 Å². The molecule has 0 aromatic heterocycles. The van der Waals surface area contributed by atoms with Gasteiger partial charge < -0.3 is 8.97 Å². The maximum absolute atomic E-state index is 6.00. The van der Waals surface area contributed by atoms with Crippen LogP contribution in [0.4, 0.5) is 0 Å². The Morgan fingerprint density at radius 2 is 1.39 bits per heavy atom. The highest BCUT2D eigenvalue weighted by molar-refractivity contribution is 6.89. The predicted molar refractivity (Wildman–Crippen MR) is 131 cm³/mol. The van der Waals surface area contributed by atoms with Gasteiger partial charge in [0.05, 0.1) is 6.61 Å². The van der Waals surface area contributed by atoms with Gasteiger partial charge in [0.15, 0.2) is 0 Å². The van der Waals surface area contributed by atoms with Gasteiger partial charge in [0.1, 0.15) is 26.0 Å². The largest absolute Gasteiger partial charge is 0.384 e. The van der Waals surface area contributed by atoms with Crippen LogP contribution >= 0.6 is 0 Å². The third kappa shape index (κ3) is 6.97. The third-order valence-electron chi connectivity index (χ3n) is 4.81. The van der Waals surface area contributed by atoms with Gasteiger partial charge in [-0.15, -0.1) is 0 Å². The van der Waals surface area contributed by atoms with Crippen molar-refractivity contribution in [3.63, 3.8) is 0 Å². The molecule has 150 valence electrons. The van der Waals surface area contributed by atoms with E-state index in [0.29, 0.717) is 9.52 Å². The lowest BCUT2D eigenvalue weighted by Gasteiger charge is -2.43. The number of benzene rings is 2. The molecule has 0 heterocycles.